The van der Waals surface area contributed by atoms with Gasteiger partial charge in [0.25, 0.3) is 0 Å². The number of rotatable bonds is 3. The second-order valence-electron chi connectivity index (χ2n) is 2.07. The third-order valence-corrected chi connectivity index (χ3v) is 1.05. The van der Waals surface area contributed by atoms with Gasteiger partial charge in [0.05, 0.1) is 6.10 Å². The zero-order chi connectivity index (χ0) is 9.02. The van der Waals surface area contributed by atoms with Crippen LogP contribution in [0.2, 0.25) is 0 Å². The standard InChI is InChI=1S/C5H10N2O4/c1-2(8)3(4(9)10)7-5(6)11/h2-3,8H,1H3,(H,9,10)(H3,6,7,11)/t2?,3-/m0/s1. The van der Waals surface area contributed by atoms with Crippen LogP contribution in [0, 0.1) is 0 Å². The van der Waals surface area contributed by atoms with Gasteiger partial charge in [-0.15, -0.1) is 0 Å². The van der Waals surface area contributed by atoms with Gasteiger partial charge in [-0.1, -0.05) is 0 Å². The van der Waals surface area contributed by atoms with E-state index in [-0.39, 0.29) is 0 Å². The number of urea groups is 1. The molecule has 0 aliphatic heterocycles. The van der Waals surface area contributed by atoms with E-state index in [1.807, 2.05) is 5.32 Å². The van der Waals surface area contributed by atoms with Crippen LogP contribution in [0.3, 0.4) is 0 Å². The van der Waals surface area contributed by atoms with Gasteiger partial charge in [-0.25, -0.2) is 9.59 Å². The van der Waals surface area contributed by atoms with Crippen molar-refractivity contribution < 1.29 is 19.8 Å². The summed E-state index contributed by atoms with van der Waals surface area (Å²) in [5.74, 6) is -1.32. The van der Waals surface area contributed by atoms with Crippen LogP contribution in [0.5, 0.6) is 0 Å². The third-order valence-electron chi connectivity index (χ3n) is 1.05. The Bertz CT molecular complexity index is 168. The number of primary amides is 1. The highest BCUT2D eigenvalue weighted by Crippen LogP contribution is 1.91. The highest BCUT2D eigenvalue weighted by atomic mass is 16.4. The first-order valence-corrected chi connectivity index (χ1v) is 2.92. The average molecular weight is 162 g/mol. The summed E-state index contributed by atoms with van der Waals surface area (Å²) in [6.07, 6.45) is -1.17. The lowest BCUT2D eigenvalue weighted by Gasteiger charge is -2.14. The van der Waals surface area contributed by atoms with Crippen molar-refractivity contribution >= 4 is 12.0 Å². The highest BCUT2D eigenvalue weighted by molar-refractivity contribution is 5.81. The van der Waals surface area contributed by atoms with E-state index in [4.69, 9.17) is 10.2 Å². The van der Waals surface area contributed by atoms with E-state index in [0.717, 1.165) is 0 Å². The van der Waals surface area contributed by atoms with Crippen LogP contribution in [0.1, 0.15) is 6.92 Å². The van der Waals surface area contributed by atoms with E-state index >= 15 is 0 Å². The number of aliphatic carboxylic acids is 1. The molecule has 0 radical (unpaired) electrons. The van der Waals surface area contributed by atoms with Gasteiger partial charge in [0.2, 0.25) is 0 Å². The summed E-state index contributed by atoms with van der Waals surface area (Å²) in [7, 11) is 0. The van der Waals surface area contributed by atoms with Crippen LogP contribution >= 0.6 is 0 Å². The van der Waals surface area contributed by atoms with Crippen LogP contribution in [0.4, 0.5) is 4.79 Å². The lowest BCUT2D eigenvalue weighted by molar-refractivity contribution is -0.141. The number of nitrogens with two attached hydrogens (primary N) is 1. The summed E-state index contributed by atoms with van der Waals surface area (Å²) in [4.78, 5) is 20.4. The molecule has 0 saturated carbocycles. The first-order chi connectivity index (χ1) is 4.95. The number of hydrogen-bond donors (Lipinski definition) is 4. The maximum absolute atomic E-state index is 10.2. The number of nitrogens with one attached hydrogen (secondary N) is 1. The van der Waals surface area contributed by atoms with Crippen molar-refractivity contribution in [2.45, 2.75) is 19.1 Å². The fourth-order valence-corrected chi connectivity index (χ4v) is 0.542. The molecule has 2 amide bonds. The van der Waals surface area contributed by atoms with Crippen LogP contribution in [-0.2, 0) is 4.79 Å². The maximum Gasteiger partial charge on any atom is 0.328 e. The molecule has 6 nitrogen and oxygen atoms in total. The lowest BCUT2D eigenvalue weighted by atomic mass is 10.2. The van der Waals surface area contributed by atoms with Gasteiger partial charge < -0.3 is 21.3 Å². The zero-order valence-corrected chi connectivity index (χ0v) is 5.94. The Balaban J connectivity index is 4.12. The molecule has 0 aliphatic carbocycles. The fraction of sp³-hybridized carbons (Fsp3) is 0.600. The van der Waals surface area contributed by atoms with Gasteiger partial charge in [-0.3, -0.25) is 0 Å². The Morgan fingerprint density at radius 3 is 2.09 bits per heavy atom. The van der Waals surface area contributed by atoms with Gasteiger partial charge in [0, 0.05) is 0 Å². The van der Waals surface area contributed by atoms with Crippen LogP contribution in [-0.4, -0.2) is 34.4 Å². The number of carboxylic acids is 1. The first kappa shape index (κ1) is 9.70. The van der Waals surface area contributed by atoms with E-state index in [1.165, 1.54) is 6.92 Å². The monoisotopic (exact) mass is 162 g/mol. The van der Waals surface area contributed by atoms with E-state index in [2.05, 4.69) is 5.73 Å². The Morgan fingerprint density at radius 2 is 2.00 bits per heavy atom. The van der Waals surface area contributed by atoms with Crippen LogP contribution in [0.25, 0.3) is 0 Å². The molecule has 0 fully saturated rings. The molecule has 0 aromatic heterocycles. The van der Waals surface area contributed by atoms with Gasteiger partial charge in [-0.2, -0.15) is 0 Å². The number of carbonyl (C=O) groups is 2. The van der Waals surface area contributed by atoms with Crippen molar-refractivity contribution in [2.24, 2.45) is 5.73 Å². The minimum atomic E-state index is -1.34. The molecule has 1 unspecified atom stereocenters. The summed E-state index contributed by atoms with van der Waals surface area (Å²) < 4.78 is 0. The molecule has 2 atom stereocenters. The summed E-state index contributed by atoms with van der Waals surface area (Å²) in [6, 6.07) is -2.31. The second kappa shape index (κ2) is 3.77. The summed E-state index contributed by atoms with van der Waals surface area (Å²) >= 11 is 0. The summed E-state index contributed by atoms with van der Waals surface area (Å²) in [5.41, 5.74) is 4.64. The maximum atomic E-state index is 10.2. The van der Waals surface area contributed by atoms with Gasteiger partial charge in [0.1, 0.15) is 0 Å². The minimum absolute atomic E-state index is 0.974. The molecular formula is C5H10N2O4. The third kappa shape index (κ3) is 3.41. The Hall–Kier alpha value is -1.30. The van der Waals surface area contributed by atoms with Crippen molar-refractivity contribution in [3.63, 3.8) is 0 Å². The fourth-order valence-electron chi connectivity index (χ4n) is 0.542. The second-order valence-corrected chi connectivity index (χ2v) is 2.07. The molecule has 0 rings (SSSR count). The Labute approximate surface area is 63.0 Å². The van der Waals surface area contributed by atoms with Crippen LogP contribution in [0.15, 0.2) is 0 Å². The van der Waals surface area contributed by atoms with Crippen molar-refractivity contribution in [3.8, 4) is 0 Å². The predicted octanol–water partition coefficient (Wildman–Crippen LogP) is -1.51. The Morgan fingerprint density at radius 1 is 1.55 bits per heavy atom. The molecule has 0 heterocycles. The summed E-state index contributed by atoms with van der Waals surface area (Å²) in [6.45, 7) is 1.24. The van der Waals surface area contributed by atoms with Crippen molar-refractivity contribution in [1.29, 1.82) is 0 Å². The molecule has 5 N–H and O–H groups in total. The highest BCUT2D eigenvalue weighted by Gasteiger charge is 2.23. The molecule has 0 aliphatic rings. The van der Waals surface area contributed by atoms with E-state index in [1.54, 1.807) is 0 Å². The average Bonchev–Trinajstić information content (AvgIpc) is 1.81. The smallest absolute Gasteiger partial charge is 0.328 e. The minimum Gasteiger partial charge on any atom is -0.480 e. The number of carboxylic acid groups (broad SMARTS) is 1. The topological polar surface area (TPSA) is 113 Å². The van der Waals surface area contributed by atoms with Gasteiger partial charge in [-0.05, 0) is 6.92 Å². The lowest BCUT2D eigenvalue weighted by Crippen LogP contribution is -2.49. The Kier molecular flexibility index (Phi) is 3.32. The molecular weight excluding hydrogens is 152 g/mol. The van der Waals surface area contributed by atoms with Crippen molar-refractivity contribution in [1.82, 2.24) is 5.32 Å². The molecule has 0 saturated heterocycles. The predicted molar refractivity (Wildman–Crippen MR) is 35.8 cm³/mol. The molecule has 6 heteroatoms. The molecule has 0 bridgehead atoms. The SMILES string of the molecule is CC(O)[C@H](NC(N)=O)C(=O)O. The van der Waals surface area contributed by atoms with Crippen LogP contribution < -0.4 is 11.1 Å². The number of hydrogen-bond acceptors (Lipinski definition) is 3. The largest absolute Gasteiger partial charge is 0.480 e. The molecule has 0 aromatic rings. The molecule has 11 heavy (non-hydrogen) atoms. The number of carbonyl (C=O) groups excluding carboxylic acids is 1. The van der Waals surface area contributed by atoms with Gasteiger partial charge >= 0.3 is 12.0 Å². The molecule has 64 valence electrons. The molecule has 0 spiro atoms. The van der Waals surface area contributed by atoms with Gasteiger partial charge in [0.15, 0.2) is 6.04 Å². The number of aliphatic hydroxyl groups is 1. The zero-order valence-electron chi connectivity index (χ0n) is 5.94. The van der Waals surface area contributed by atoms with E-state index in [9.17, 15) is 9.59 Å². The first-order valence-electron chi connectivity index (χ1n) is 2.92. The van der Waals surface area contributed by atoms with Crippen molar-refractivity contribution in [2.75, 3.05) is 0 Å². The quantitative estimate of drug-likeness (QED) is 0.404. The van der Waals surface area contributed by atoms with E-state index in [0.29, 0.717) is 0 Å². The molecule has 0 aromatic carbocycles. The summed E-state index contributed by atoms with van der Waals surface area (Å²) in [5, 5.41) is 19.0. The number of amides is 2. The normalized spacial score (nSPS) is 15.1. The number of aliphatic hydroxyl groups excluding tert-OH is 1. The van der Waals surface area contributed by atoms with Crippen molar-refractivity contribution in [3.05, 3.63) is 0 Å². The van der Waals surface area contributed by atoms with E-state index < -0.39 is 24.1 Å².